The molecule has 5 nitrogen and oxygen atoms in total. The summed E-state index contributed by atoms with van der Waals surface area (Å²) in [5.41, 5.74) is 1.02. The van der Waals surface area contributed by atoms with Crippen LogP contribution in [0.1, 0.15) is 5.56 Å². The summed E-state index contributed by atoms with van der Waals surface area (Å²) >= 11 is 0. The first-order valence-corrected chi connectivity index (χ1v) is 6.76. The molecule has 0 bridgehead atoms. The Kier molecular flexibility index (Phi) is 5.54. The van der Waals surface area contributed by atoms with Gasteiger partial charge in [0.15, 0.2) is 0 Å². The minimum Gasteiger partial charge on any atom is -0.487 e. The number of ether oxygens (including phenoxy) is 2. The van der Waals surface area contributed by atoms with Gasteiger partial charge in [-0.05, 0) is 30.7 Å². The van der Waals surface area contributed by atoms with E-state index in [1.165, 1.54) is 7.11 Å². The molecule has 22 heavy (non-hydrogen) atoms. The Morgan fingerprint density at radius 1 is 1.05 bits per heavy atom. The SMILES string of the molecule is CO/N=C(\COc1ccccc1C)C(=O)Oc1ccccc1. The van der Waals surface area contributed by atoms with Crippen LogP contribution in [0.15, 0.2) is 59.8 Å². The third kappa shape index (κ3) is 4.34. The van der Waals surface area contributed by atoms with Crippen LogP contribution in [0, 0.1) is 6.92 Å². The van der Waals surface area contributed by atoms with E-state index in [9.17, 15) is 4.79 Å². The van der Waals surface area contributed by atoms with Crippen LogP contribution in [0.5, 0.6) is 11.5 Å². The largest absolute Gasteiger partial charge is 0.487 e. The van der Waals surface area contributed by atoms with E-state index in [2.05, 4.69) is 9.99 Å². The van der Waals surface area contributed by atoms with E-state index in [-0.39, 0.29) is 12.3 Å². The average molecular weight is 299 g/mol. The van der Waals surface area contributed by atoms with Crippen LogP contribution in [0.2, 0.25) is 0 Å². The van der Waals surface area contributed by atoms with E-state index in [4.69, 9.17) is 9.47 Å². The highest BCUT2D eigenvalue weighted by Gasteiger charge is 2.16. The summed E-state index contributed by atoms with van der Waals surface area (Å²) in [6.45, 7) is 1.88. The molecule has 0 heterocycles. The first-order chi connectivity index (χ1) is 10.7. The Hall–Kier alpha value is -2.82. The highest BCUT2D eigenvalue weighted by molar-refractivity contribution is 6.37. The summed E-state index contributed by atoms with van der Waals surface area (Å²) in [6.07, 6.45) is 0. The van der Waals surface area contributed by atoms with Crippen LogP contribution in [-0.2, 0) is 9.63 Å². The van der Waals surface area contributed by atoms with Gasteiger partial charge in [-0.25, -0.2) is 4.79 Å². The van der Waals surface area contributed by atoms with E-state index < -0.39 is 5.97 Å². The molecule has 114 valence electrons. The molecule has 0 radical (unpaired) electrons. The predicted molar refractivity (Wildman–Crippen MR) is 83.2 cm³/mol. The smallest absolute Gasteiger partial charge is 0.365 e. The number of carbonyl (C=O) groups is 1. The van der Waals surface area contributed by atoms with Gasteiger partial charge >= 0.3 is 5.97 Å². The molecule has 0 unspecified atom stereocenters. The topological polar surface area (TPSA) is 57.1 Å². The maximum absolute atomic E-state index is 12.1. The van der Waals surface area contributed by atoms with Crippen molar-refractivity contribution in [3.8, 4) is 11.5 Å². The number of hydrogen-bond donors (Lipinski definition) is 0. The number of aryl methyl sites for hydroxylation is 1. The number of para-hydroxylation sites is 2. The van der Waals surface area contributed by atoms with E-state index in [0.29, 0.717) is 11.5 Å². The molecule has 0 amide bonds. The number of esters is 1. The molecule has 2 aromatic rings. The van der Waals surface area contributed by atoms with Gasteiger partial charge in [-0.1, -0.05) is 41.6 Å². The number of oxime groups is 1. The molecule has 0 spiro atoms. The molecule has 0 aliphatic rings. The molecule has 0 saturated heterocycles. The second-order valence-electron chi connectivity index (χ2n) is 4.48. The summed E-state index contributed by atoms with van der Waals surface area (Å²) in [7, 11) is 1.36. The molecule has 2 aromatic carbocycles. The Morgan fingerprint density at radius 3 is 2.41 bits per heavy atom. The van der Waals surface area contributed by atoms with Crippen LogP contribution in [0.3, 0.4) is 0 Å². The highest BCUT2D eigenvalue weighted by Crippen LogP contribution is 2.16. The zero-order valence-corrected chi connectivity index (χ0v) is 12.5. The van der Waals surface area contributed by atoms with Crippen LogP contribution < -0.4 is 9.47 Å². The highest BCUT2D eigenvalue weighted by atomic mass is 16.6. The van der Waals surface area contributed by atoms with Crippen LogP contribution in [0.4, 0.5) is 0 Å². The number of carbonyl (C=O) groups excluding carboxylic acids is 1. The van der Waals surface area contributed by atoms with Crippen molar-refractivity contribution in [1.29, 1.82) is 0 Å². The summed E-state index contributed by atoms with van der Waals surface area (Å²) in [5, 5.41) is 3.68. The van der Waals surface area contributed by atoms with Gasteiger partial charge in [-0.15, -0.1) is 0 Å². The molecule has 0 aromatic heterocycles. The first-order valence-electron chi connectivity index (χ1n) is 6.76. The molecule has 0 fully saturated rings. The van der Waals surface area contributed by atoms with Gasteiger partial charge in [0.25, 0.3) is 0 Å². The van der Waals surface area contributed by atoms with Crippen molar-refractivity contribution in [1.82, 2.24) is 0 Å². The van der Waals surface area contributed by atoms with E-state index in [1.54, 1.807) is 24.3 Å². The lowest BCUT2D eigenvalue weighted by molar-refractivity contribution is -0.127. The second-order valence-corrected chi connectivity index (χ2v) is 4.48. The van der Waals surface area contributed by atoms with Crippen molar-refractivity contribution in [3.05, 3.63) is 60.2 Å². The molecule has 2 rings (SSSR count). The van der Waals surface area contributed by atoms with Crippen molar-refractivity contribution in [2.75, 3.05) is 13.7 Å². The zero-order chi connectivity index (χ0) is 15.8. The standard InChI is InChI=1S/C17H17NO4/c1-13-8-6-7-11-16(13)21-12-15(18-20-2)17(19)22-14-9-4-3-5-10-14/h3-11H,12H2,1-2H3/b18-15+. The lowest BCUT2D eigenvalue weighted by Gasteiger charge is -2.10. The summed E-state index contributed by atoms with van der Waals surface area (Å²) in [4.78, 5) is 16.8. The number of benzene rings is 2. The van der Waals surface area contributed by atoms with Gasteiger partial charge in [0, 0.05) is 0 Å². The molecule has 0 atom stereocenters. The predicted octanol–water partition coefficient (Wildman–Crippen LogP) is 2.98. The summed E-state index contributed by atoms with van der Waals surface area (Å²) < 4.78 is 10.8. The first kappa shape index (κ1) is 15.6. The quantitative estimate of drug-likeness (QED) is 0.356. The fourth-order valence-corrected chi connectivity index (χ4v) is 1.75. The molecule has 0 N–H and O–H groups in total. The molecular weight excluding hydrogens is 282 g/mol. The van der Waals surface area contributed by atoms with E-state index in [1.807, 2.05) is 37.3 Å². The molecular formula is C17H17NO4. The van der Waals surface area contributed by atoms with Gasteiger partial charge in [0.05, 0.1) is 0 Å². The van der Waals surface area contributed by atoms with Gasteiger partial charge in [-0.3, -0.25) is 0 Å². The second kappa shape index (κ2) is 7.83. The van der Waals surface area contributed by atoms with Gasteiger partial charge in [-0.2, -0.15) is 0 Å². The third-order valence-electron chi connectivity index (χ3n) is 2.85. The normalized spacial score (nSPS) is 10.9. The Labute approximate surface area is 129 Å². The maximum Gasteiger partial charge on any atom is 0.365 e. The molecule has 0 aliphatic carbocycles. The van der Waals surface area contributed by atoms with Crippen molar-refractivity contribution in [3.63, 3.8) is 0 Å². The summed E-state index contributed by atoms with van der Waals surface area (Å²) in [6, 6.07) is 16.3. The fraction of sp³-hybridized carbons (Fsp3) is 0.176. The van der Waals surface area contributed by atoms with E-state index in [0.717, 1.165) is 5.56 Å². The average Bonchev–Trinajstić information content (AvgIpc) is 2.53. The van der Waals surface area contributed by atoms with Crippen molar-refractivity contribution in [2.45, 2.75) is 6.92 Å². The van der Waals surface area contributed by atoms with Crippen LogP contribution >= 0.6 is 0 Å². The third-order valence-corrected chi connectivity index (χ3v) is 2.85. The number of rotatable bonds is 6. The Bertz CT molecular complexity index is 653. The van der Waals surface area contributed by atoms with Crippen LogP contribution in [-0.4, -0.2) is 25.4 Å². The van der Waals surface area contributed by atoms with Gasteiger partial charge in [0.2, 0.25) is 5.71 Å². The molecule has 0 saturated carbocycles. The van der Waals surface area contributed by atoms with Crippen molar-refractivity contribution >= 4 is 11.7 Å². The maximum atomic E-state index is 12.1. The minimum atomic E-state index is -0.610. The summed E-state index contributed by atoms with van der Waals surface area (Å²) in [5.74, 6) is 0.507. The van der Waals surface area contributed by atoms with E-state index >= 15 is 0 Å². The zero-order valence-electron chi connectivity index (χ0n) is 12.5. The molecule has 5 heteroatoms. The monoisotopic (exact) mass is 299 g/mol. The fourth-order valence-electron chi connectivity index (χ4n) is 1.75. The molecule has 0 aliphatic heterocycles. The van der Waals surface area contributed by atoms with Gasteiger partial charge < -0.3 is 14.3 Å². The Balaban J connectivity index is 2.02. The van der Waals surface area contributed by atoms with Crippen LogP contribution in [0.25, 0.3) is 0 Å². The van der Waals surface area contributed by atoms with Crippen molar-refractivity contribution < 1.29 is 19.1 Å². The lowest BCUT2D eigenvalue weighted by Crippen LogP contribution is -2.27. The lowest BCUT2D eigenvalue weighted by atomic mass is 10.2. The Morgan fingerprint density at radius 2 is 1.73 bits per heavy atom. The van der Waals surface area contributed by atoms with Crippen molar-refractivity contribution in [2.24, 2.45) is 5.16 Å². The number of hydrogen-bond acceptors (Lipinski definition) is 5. The van der Waals surface area contributed by atoms with Gasteiger partial charge in [0.1, 0.15) is 25.2 Å². The minimum absolute atomic E-state index is 0.0373. The number of nitrogens with zero attached hydrogens (tertiary/aromatic N) is 1.